The third-order valence-electron chi connectivity index (χ3n) is 3.83. The van der Waals surface area contributed by atoms with Gasteiger partial charge in [0.25, 0.3) is 0 Å². The monoisotopic (exact) mass is 335 g/mol. The highest BCUT2D eigenvalue weighted by Gasteiger charge is 2.26. The van der Waals surface area contributed by atoms with Gasteiger partial charge in [-0.1, -0.05) is 0 Å². The molecular formula is C16H22FN5O2. The lowest BCUT2D eigenvalue weighted by Crippen LogP contribution is -2.49. The number of hydrogen-bond donors (Lipinski definition) is 0. The van der Waals surface area contributed by atoms with Gasteiger partial charge in [-0.05, 0) is 32.9 Å². The van der Waals surface area contributed by atoms with Gasteiger partial charge in [-0.2, -0.15) is 0 Å². The Hall–Kier alpha value is -2.22. The summed E-state index contributed by atoms with van der Waals surface area (Å²) in [7, 11) is 0. The minimum atomic E-state index is -0.487. The molecule has 0 bridgehead atoms. The van der Waals surface area contributed by atoms with Crippen molar-refractivity contribution < 1.29 is 13.9 Å². The average Bonchev–Trinajstić information content (AvgIpc) is 2.88. The number of halogens is 1. The Morgan fingerprint density at radius 2 is 1.92 bits per heavy atom. The van der Waals surface area contributed by atoms with Gasteiger partial charge < -0.3 is 9.64 Å². The molecule has 0 atom stereocenters. The Kier molecular flexibility index (Phi) is 4.40. The maximum Gasteiger partial charge on any atom is 0.410 e. The minimum absolute atomic E-state index is 0.280. The van der Waals surface area contributed by atoms with Gasteiger partial charge in [-0.3, -0.25) is 9.30 Å². The summed E-state index contributed by atoms with van der Waals surface area (Å²) >= 11 is 0. The van der Waals surface area contributed by atoms with Gasteiger partial charge >= 0.3 is 6.09 Å². The van der Waals surface area contributed by atoms with Crippen LogP contribution in [0.2, 0.25) is 0 Å². The number of carbonyl (C=O) groups is 1. The van der Waals surface area contributed by atoms with Crippen molar-refractivity contribution in [1.82, 2.24) is 24.4 Å². The highest BCUT2D eigenvalue weighted by atomic mass is 19.1. The number of fused-ring (bicyclic) bond motifs is 1. The van der Waals surface area contributed by atoms with Crippen LogP contribution in [0.25, 0.3) is 5.65 Å². The highest BCUT2D eigenvalue weighted by Crippen LogP contribution is 2.14. The molecule has 0 saturated carbocycles. The topological polar surface area (TPSA) is 63.0 Å². The number of pyridine rings is 1. The fourth-order valence-electron chi connectivity index (χ4n) is 2.64. The molecule has 8 heteroatoms. The molecule has 3 heterocycles. The maximum atomic E-state index is 13.4. The van der Waals surface area contributed by atoms with Crippen molar-refractivity contribution in [3.8, 4) is 0 Å². The normalized spacial score (nSPS) is 16.6. The molecule has 0 radical (unpaired) electrons. The van der Waals surface area contributed by atoms with Gasteiger partial charge in [-0.25, -0.2) is 9.18 Å². The van der Waals surface area contributed by atoms with Crippen LogP contribution in [0, 0.1) is 5.82 Å². The summed E-state index contributed by atoms with van der Waals surface area (Å²) in [6.07, 6.45) is 1.11. The molecule has 1 saturated heterocycles. The van der Waals surface area contributed by atoms with Crippen LogP contribution in [-0.2, 0) is 11.3 Å². The summed E-state index contributed by atoms with van der Waals surface area (Å²) in [6, 6.07) is 2.97. The van der Waals surface area contributed by atoms with Gasteiger partial charge in [0.05, 0.1) is 6.54 Å². The van der Waals surface area contributed by atoms with E-state index in [9.17, 15) is 9.18 Å². The highest BCUT2D eigenvalue weighted by molar-refractivity contribution is 5.68. The molecule has 0 aromatic carbocycles. The molecule has 130 valence electrons. The first-order valence-corrected chi connectivity index (χ1v) is 8.01. The molecule has 2 aromatic rings. The smallest absolute Gasteiger partial charge is 0.410 e. The molecule has 0 spiro atoms. The number of piperazine rings is 1. The van der Waals surface area contributed by atoms with Crippen molar-refractivity contribution in [1.29, 1.82) is 0 Å². The third kappa shape index (κ3) is 3.81. The first kappa shape index (κ1) is 16.6. The zero-order valence-corrected chi connectivity index (χ0v) is 14.2. The van der Waals surface area contributed by atoms with Crippen LogP contribution in [0.4, 0.5) is 9.18 Å². The number of rotatable bonds is 2. The van der Waals surface area contributed by atoms with Crippen molar-refractivity contribution in [2.75, 3.05) is 26.2 Å². The average molecular weight is 335 g/mol. The molecule has 1 aliphatic rings. The van der Waals surface area contributed by atoms with E-state index in [1.54, 1.807) is 15.4 Å². The number of aromatic nitrogens is 3. The first-order chi connectivity index (χ1) is 11.3. The molecule has 0 N–H and O–H groups in total. The number of nitrogens with zero attached hydrogens (tertiary/aromatic N) is 5. The van der Waals surface area contributed by atoms with E-state index in [4.69, 9.17) is 4.74 Å². The van der Waals surface area contributed by atoms with Crippen LogP contribution in [0.3, 0.4) is 0 Å². The Morgan fingerprint density at radius 3 is 2.58 bits per heavy atom. The van der Waals surface area contributed by atoms with Crippen LogP contribution in [0.5, 0.6) is 0 Å². The van der Waals surface area contributed by atoms with Crippen LogP contribution in [-0.4, -0.2) is 62.3 Å². The fourth-order valence-corrected chi connectivity index (χ4v) is 2.64. The number of carbonyl (C=O) groups excluding carboxylic acids is 1. The summed E-state index contributed by atoms with van der Waals surface area (Å²) in [5, 5.41) is 8.18. The van der Waals surface area contributed by atoms with Gasteiger partial charge in [-0.15, -0.1) is 10.2 Å². The van der Waals surface area contributed by atoms with E-state index in [2.05, 4.69) is 15.1 Å². The molecular weight excluding hydrogens is 313 g/mol. The van der Waals surface area contributed by atoms with Gasteiger partial charge in [0.1, 0.15) is 11.4 Å². The van der Waals surface area contributed by atoms with Gasteiger partial charge in [0.15, 0.2) is 11.5 Å². The SMILES string of the molecule is CC(C)(C)OC(=O)N1CCN(Cc2nnc3ccc(F)cn23)CC1. The Balaban J connectivity index is 1.59. The van der Waals surface area contributed by atoms with Gasteiger partial charge in [0.2, 0.25) is 0 Å². The lowest BCUT2D eigenvalue weighted by atomic mass is 10.2. The summed E-state index contributed by atoms with van der Waals surface area (Å²) in [5.74, 6) is 0.369. The summed E-state index contributed by atoms with van der Waals surface area (Å²) in [6.45, 7) is 8.75. The molecule has 0 unspecified atom stereocenters. The van der Waals surface area contributed by atoms with Crippen LogP contribution in [0.1, 0.15) is 26.6 Å². The Morgan fingerprint density at radius 1 is 1.21 bits per heavy atom. The fraction of sp³-hybridized carbons (Fsp3) is 0.562. The molecule has 7 nitrogen and oxygen atoms in total. The number of hydrogen-bond acceptors (Lipinski definition) is 5. The summed E-state index contributed by atoms with van der Waals surface area (Å²) < 4.78 is 20.5. The molecule has 0 aliphatic carbocycles. The summed E-state index contributed by atoms with van der Waals surface area (Å²) in [4.78, 5) is 15.9. The molecule has 2 aromatic heterocycles. The van der Waals surface area contributed by atoms with Crippen molar-refractivity contribution in [2.24, 2.45) is 0 Å². The zero-order valence-electron chi connectivity index (χ0n) is 14.2. The van der Waals surface area contributed by atoms with E-state index in [-0.39, 0.29) is 11.9 Å². The van der Waals surface area contributed by atoms with E-state index < -0.39 is 5.60 Å². The second-order valence-corrected chi connectivity index (χ2v) is 6.94. The van der Waals surface area contributed by atoms with Crippen molar-refractivity contribution in [3.63, 3.8) is 0 Å². The van der Waals surface area contributed by atoms with Gasteiger partial charge in [0, 0.05) is 32.4 Å². The number of ether oxygens (including phenoxy) is 1. The maximum absolute atomic E-state index is 13.4. The molecule has 24 heavy (non-hydrogen) atoms. The standard InChI is InChI=1S/C16H22FN5O2/c1-16(2,3)24-15(23)21-8-6-20(7-9-21)11-14-19-18-13-5-4-12(17)10-22(13)14/h4-5,10H,6-9,11H2,1-3H3. The van der Waals surface area contributed by atoms with Crippen LogP contribution < -0.4 is 0 Å². The largest absolute Gasteiger partial charge is 0.444 e. The Bertz CT molecular complexity index is 732. The van der Waals surface area contributed by atoms with Crippen molar-refractivity contribution in [3.05, 3.63) is 30.0 Å². The second kappa shape index (κ2) is 6.35. The molecule has 1 fully saturated rings. The summed E-state index contributed by atoms with van der Waals surface area (Å²) in [5.41, 5.74) is 0.137. The molecule has 1 aliphatic heterocycles. The molecule has 1 amide bonds. The molecule has 3 rings (SSSR count). The van der Waals surface area contributed by atoms with Crippen molar-refractivity contribution in [2.45, 2.75) is 32.9 Å². The van der Waals surface area contributed by atoms with E-state index in [1.165, 1.54) is 12.3 Å². The van der Waals surface area contributed by atoms with Crippen LogP contribution >= 0.6 is 0 Å². The predicted molar refractivity (Wildman–Crippen MR) is 86.0 cm³/mol. The first-order valence-electron chi connectivity index (χ1n) is 8.01. The van der Waals surface area contributed by atoms with Crippen LogP contribution in [0.15, 0.2) is 18.3 Å². The van der Waals surface area contributed by atoms with E-state index in [0.29, 0.717) is 44.2 Å². The quantitative estimate of drug-likeness (QED) is 0.839. The lowest BCUT2D eigenvalue weighted by molar-refractivity contribution is 0.0137. The zero-order chi connectivity index (χ0) is 17.3. The lowest BCUT2D eigenvalue weighted by Gasteiger charge is -2.35. The Labute approximate surface area is 140 Å². The second-order valence-electron chi connectivity index (χ2n) is 6.94. The third-order valence-corrected chi connectivity index (χ3v) is 3.83. The van der Waals surface area contributed by atoms with E-state index >= 15 is 0 Å². The number of amides is 1. The van der Waals surface area contributed by atoms with E-state index in [0.717, 1.165) is 0 Å². The minimum Gasteiger partial charge on any atom is -0.444 e. The van der Waals surface area contributed by atoms with E-state index in [1.807, 2.05) is 20.8 Å². The van der Waals surface area contributed by atoms with Crippen molar-refractivity contribution >= 4 is 11.7 Å². The predicted octanol–water partition coefficient (Wildman–Crippen LogP) is 1.92.